The number of para-hydroxylation sites is 1. The van der Waals surface area contributed by atoms with Crippen LogP contribution in [0.1, 0.15) is 12.8 Å². The van der Waals surface area contributed by atoms with Crippen molar-refractivity contribution in [2.75, 3.05) is 24.6 Å². The summed E-state index contributed by atoms with van der Waals surface area (Å²) in [5.74, 6) is 1.05. The highest BCUT2D eigenvalue weighted by Crippen LogP contribution is 2.25. The van der Waals surface area contributed by atoms with Crippen LogP contribution in [-0.4, -0.2) is 50.0 Å². The van der Waals surface area contributed by atoms with Crippen LogP contribution in [0.25, 0.3) is 11.2 Å². The first kappa shape index (κ1) is 19.5. The third-order valence-electron chi connectivity index (χ3n) is 5.04. The molecule has 0 radical (unpaired) electrons. The number of halogens is 1. The number of imidazole rings is 1. The molecular formula is C19H22ClN5O4. The average molecular weight is 420 g/mol. The SMILES string of the molecule is Cn1c(=O)[nH]c(=O)c2c1nc(N1CCCC1)n2C[C@H](O)COc1ccccc1Cl. The third-order valence-corrected chi connectivity index (χ3v) is 5.35. The molecule has 0 aliphatic carbocycles. The highest BCUT2D eigenvalue weighted by molar-refractivity contribution is 6.32. The largest absolute Gasteiger partial charge is 0.489 e. The van der Waals surface area contributed by atoms with E-state index in [0.717, 1.165) is 25.9 Å². The van der Waals surface area contributed by atoms with Gasteiger partial charge >= 0.3 is 5.69 Å². The van der Waals surface area contributed by atoms with Crippen LogP contribution in [-0.2, 0) is 13.6 Å². The fraction of sp³-hybridized carbons (Fsp3) is 0.421. The van der Waals surface area contributed by atoms with Gasteiger partial charge in [0.2, 0.25) is 5.95 Å². The van der Waals surface area contributed by atoms with Gasteiger partial charge in [0.15, 0.2) is 11.2 Å². The molecule has 1 aliphatic rings. The lowest BCUT2D eigenvalue weighted by Gasteiger charge is -2.20. The molecule has 0 amide bonds. The normalized spacial score (nSPS) is 15.2. The van der Waals surface area contributed by atoms with E-state index < -0.39 is 17.4 Å². The van der Waals surface area contributed by atoms with Crippen molar-refractivity contribution in [1.82, 2.24) is 19.1 Å². The predicted molar refractivity (Wildman–Crippen MR) is 110 cm³/mol. The number of aliphatic hydroxyl groups excluding tert-OH is 1. The molecule has 1 atom stereocenters. The van der Waals surface area contributed by atoms with Crippen LogP contribution in [0.15, 0.2) is 33.9 Å². The second kappa shape index (κ2) is 7.92. The van der Waals surface area contributed by atoms with Crippen LogP contribution in [0, 0.1) is 0 Å². The smallest absolute Gasteiger partial charge is 0.329 e. The zero-order valence-corrected chi connectivity index (χ0v) is 16.7. The van der Waals surface area contributed by atoms with Gasteiger partial charge in [0.25, 0.3) is 5.56 Å². The molecule has 3 aromatic rings. The van der Waals surface area contributed by atoms with E-state index in [1.165, 1.54) is 4.57 Å². The van der Waals surface area contributed by atoms with Gasteiger partial charge in [0.1, 0.15) is 18.5 Å². The number of nitrogens with zero attached hydrogens (tertiary/aromatic N) is 4. The van der Waals surface area contributed by atoms with E-state index in [1.54, 1.807) is 35.9 Å². The molecule has 1 aliphatic heterocycles. The molecule has 154 valence electrons. The Labute approximate surface area is 171 Å². The summed E-state index contributed by atoms with van der Waals surface area (Å²) in [7, 11) is 1.56. The molecule has 0 bridgehead atoms. The summed E-state index contributed by atoms with van der Waals surface area (Å²) in [6.45, 7) is 1.70. The molecule has 0 unspecified atom stereocenters. The highest BCUT2D eigenvalue weighted by atomic mass is 35.5. The van der Waals surface area contributed by atoms with E-state index in [1.807, 2.05) is 0 Å². The van der Waals surface area contributed by atoms with E-state index in [9.17, 15) is 14.7 Å². The lowest BCUT2D eigenvalue weighted by atomic mass is 10.3. The number of hydrogen-bond donors (Lipinski definition) is 2. The summed E-state index contributed by atoms with van der Waals surface area (Å²) in [5.41, 5.74) is -0.506. The van der Waals surface area contributed by atoms with Crippen LogP contribution in [0.5, 0.6) is 5.75 Å². The number of hydrogen-bond acceptors (Lipinski definition) is 6. The molecule has 2 aromatic heterocycles. The number of ether oxygens (including phenoxy) is 1. The van der Waals surface area contributed by atoms with Crippen molar-refractivity contribution in [3.8, 4) is 5.75 Å². The number of aliphatic hydroxyl groups is 1. The number of H-pyrrole nitrogens is 1. The van der Waals surface area contributed by atoms with E-state index in [0.29, 0.717) is 22.4 Å². The number of aryl methyl sites for hydroxylation is 1. The van der Waals surface area contributed by atoms with Crippen molar-refractivity contribution in [2.45, 2.75) is 25.5 Å². The van der Waals surface area contributed by atoms with Crippen molar-refractivity contribution in [3.63, 3.8) is 0 Å². The van der Waals surface area contributed by atoms with E-state index in [4.69, 9.17) is 16.3 Å². The van der Waals surface area contributed by atoms with Crippen molar-refractivity contribution in [2.24, 2.45) is 7.05 Å². The second-order valence-corrected chi connectivity index (χ2v) is 7.51. The van der Waals surface area contributed by atoms with Crippen molar-refractivity contribution in [3.05, 3.63) is 50.1 Å². The van der Waals surface area contributed by atoms with Gasteiger partial charge < -0.3 is 19.3 Å². The Hall–Kier alpha value is -2.78. The van der Waals surface area contributed by atoms with E-state index in [-0.39, 0.29) is 18.7 Å². The average Bonchev–Trinajstić information content (AvgIpc) is 3.34. The minimum Gasteiger partial charge on any atom is -0.489 e. The van der Waals surface area contributed by atoms with Crippen molar-refractivity contribution in [1.29, 1.82) is 0 Å². The Morgan fingerprint density at radius 1 is 1.28 bits per heavy atom. The maximum absolute atomic E-state index is 12.5. The van der Waals surface area contributed by atoms with Gasteiger partial charge in [0, 0.05) is 20.1 Å². The van der Waals surface area contributed by atoms with Gasteiger partial charge in [-0.05, 0) is 25.0 Å². The number of anilines is 1. The maximum atomic E-state index is 12.5. The molecule has 0 spiro atoms. The van der Waals surface area contributed by atoms with Gasteiger partial charge in [0.05, 0.1) is 11.6 Å². The molecule has 9 nitrogen and oxygen atoms in total. The van der Waals surface area contributed by atoms with Crippen LogP contribution >= 0.6 is 11.6 Å². The minimum atomic E-state index is -0.915. The van der Waals surface area contributed by atoms with Crippen molar-refractivity contribution >= 4 is 28.7 Å². The maximum Gasteiger partial charge on any atom is 0.329 e. The molecule has 10 heteroatoms. The summed E-state index contributed by atoms with van der Waals surface area (Å²) < 4.78 is 8.60. The quantitative estimate of drug-likeness (QED) is 0.620. The molecule has 1 aromatic carbocycles. The number of rotatable bonds is 6. The lowest BCUT2D eigenvalue weighted by molar-refractivity contribution is 0.0937. The van der Waals surface area contributed by atoms with Gasteiger partial charge in [-0.3, -0.25) is 14.3 Å². The van der Waals surface area contributed by atoms with Gasteiger partial charge in [-0.2, -0.15) is 4.98 Å². The molecule has 4 rings (SSSR count). The molecule has 1 fully saturated rings. The first-order chi connectivity index (χ1) is 14.0. The first-order valence-electron chi connectivity index (χ1n) is 9.45. The second-order valence-electron chi connectivity index (χ2n) is 7.10. The summed E-state index contributed by atoms with van der Waals surface area (Å²) in [6.07, 6.45) is 1.13. The van der Waals surface area contributed by atoms with E-state index >= 15 is 0 Å². The molecule has 29 heavy (non-hydrogen) atoms. The number of aromatic nitrogens is 4. The molecule has 3 heterocycles. The predicted octanol–water partition coefficient (Wildman–Crippen LogP) is 1.12. The van der Waals surface area contributed by atoms with Crippen LogP contribution in [0.2, 0.25) is 5.02 Å². The van der Waals surface area contributed by atoms with Crippen LogP contribution < -0.4 is 20.9 Å². The number of benzene rings is 1. The Kier molecular flexibility index (Phi) is 5.33. The molecule has 0 saturated carbocycles. The Balaban J connectivity index is 1.67. The summed E-state index contributed by atoms with van der Waals surface area (Å²) in [5, 5.41) is 11.1. The Morgan fingerprint density at radius 3 is 2.72 bits per heavy atom. The highest BCUT2D eigenvalue weighted by Gasteiger charge is 2.25. The van der Waals surface area contributed by atoms with Gasteiger partial charge in [-0.1, -0.05) is 23.7 Å². The minimum absolute atomic E-state index is 0.00743. The third kappa shape index (κ3) is 3.75. The summed E-state index contributed by atoms with van der Waals surface area (Å²) in [6, 6.07) is 7.01. The number of nitrogens with one attached hydrogen (secondary N) is 1. The standard InChI is InChI=1S/C19H22ClN5O4/c1-23-16-15(17(27)22-19(23)28)25(18(21-16)24-8-4-5-9-24)10-12(26)11-29-14-7-3-2-6-13(14)20/h2-3,6-7,12,26H,4-5,8-11H2,1H3,(H,22,27,28)/t12-/m0/s1. The monoisotopic (exact) mass is 419 g/mol. The van der Waals surface area contributed by atoms with Crippen LogP contribution in [0.3, 0.4) is 0 Å². The summed E-state index contributed by atoms with van der Waals surface area (Å²) >= 11 is 6.09. The molecule has 1 saturated heterocycles. The number of aromatic amines is 1. The van der Waals surface area contributed by atoms with Gasteiger partial charge in [-0.25, -0.2) is 4.79 Å². The van der Waals surface area contributed by atoms with Gasteiger partial charge in [-0.15, -0.1) is 0 Å². The van der Waals surface area contributed by atoms with E-state index in [2.05, 4.69) is 14.9 Å². The number of fused-ring (bicyclic) bond motifs is 1. The fourth-order valence-electron chi connectivity index (χ4n) is 3.57. The first-order valence-corrected chi connectivity index (χ1v) is 9.83. The summed E-state index contributed by atoms with van der Waals surface area (Å²) in [4.78, 5) is 33.4. The molecule has 2 N–H and O–H groups in total. The fourth-order valence-corrected chi connectivity index (χ4v) is 3.76. The lowest BCUT2D eigenvalue weighted by Crippen LogP contribution is -2.31. The van der Waals surface area contributed by atoms with Crippen LogP contribution in [0.4, 0.5) is 5.95 Å². The zero-order chi connectivity index (χ0) is 20.5. The Morgan fingerprint density at radius 2 is 2.00 bits per heavy atom. The topological polar surface area (TPSA) is 105 Å². The zero-order valence-electron chi connectivity index (χ0n) is 16.0. The van der Waals surface area contributed by atoms with Crippen molar-refractivity contribution < 1.29 is 9.84 Å². The molecular weight excluding hydrogens is 398 g/mol. The Bertz CT molecular complexity index is 1150.